The molecule has 1 aliphatic heterocycles. The zero-order chi connectivity index (χ0) is 14.8. The molecule has 0 spiro atoms. The van der Waals surface area contributed by atoms with E-state index in [1.54, 1.807) is 0 Å². The number of hydrogen-bond acceptors (Lipinski definition) is 1. The fourth-order valence-electron chi connectivity index (χ4n) is 1.61. The molecule has 1 saturated heterocycles. The molecule has 0 saturated carbocycles. The van der Waals surface area contributed by atoms with E-state index >= 15 is 0 Å². The maximum atomic E-state index is 13.4. The summed E-state index contributed by atoms with van der Waals surface area (Å²) in [7, 11) is 0. The molecule has 0 N–H and O–H groups in total. The molecule has 0 aromatic heterocycles. The van der Waals surface area contributed by atoms with Crippen molar-refractivity contribution in [2.24, 2.45) is 0 Å². The molecule has 1 heterocycles. The number of alkyl halides is 5. The van der Waals surface area contributed by atoms with Crippen LogP contribution in [0.3, 0.4) is 0 Å². The molecule has 2 rings (SSSR count). The third kappa shape index (κ3) is 1.80. The first-order valence-corrected chi connectivity index (χ1v) is 5.19. The fourth-order valence-corrected chi connectivity index (χ4v) is 2.24. The minimum Gasteiger partial charge on any atom is -0.304 e. The Balaban J connectivity index is 2.79. The van der Waals surface area contributed by atoms with E-state index in [1.807, 2.05) is 0 Å². The van der Waals surface area contributed by atoms with Crippen LogP contribution in [0, 0.1) is 23.3 Å². The SMILES string of the molecule is Fc1cc(F)c(F)c(C2(C(F)(F)Cl)OC2(F)Cl)c1F. The highest BCUT2D eigenvalue weighted by Crippen LogP contribution is 2.68. The van der Waals surface area contributed by atoms with Gasteiger partial charge in [0.1, 0.15) is 0 Å². The van der Waals surface area contributed by atoms with Crippen LogP contribution in [0.1, 0.15) is 5.56 Å². The number of benzene rings is 1. The van der Waals surface area contributed by atoms with Crippen LogP contribution in [-0.2, 0) is 10.3 Å². The maximum absolute atomic E-state index is 13.4. The van der Waals surface area contributed by atoms with E-state index in [0.29, 0.717) is 0 Å². The molecule has 10 heteroatoms. The lowest BCUT2D eigenvalue weighted by atomic mass is 9.97. The van der Waals surface area contributed by atoms with Crippen molar-refractivity contribution in [3.05, 3.63) is 34.9 Å². The smallest absolute Gasteiger partial charge is 0.304 e. The summed E-state index contributed by atoms with van der Waals surface area (Å²) in [5.74, 6) is -8.62. The van der Waals surface area contributed by atoms with Gasteiger partial charge in [0.2, 0.25) is 0 Å². The highest BCUT2D eigenvalue weighted by Gasteiger charge is 2.86. The average Bonchev–Trinajstić information content (AvgIpc) is 2.80. The molecule has 2 unspecified atom stereocenters. The van der Waals surface area contributed by atoms with Crippen molar-refractivity contribution in [2.45, 2.75) is 16.3 Å². The van der Waals surface area contributed by atoms with Crippen molar-refractivity contribution in [3.63, 3.8) is 0 Å². The summed E-state index contributed by atoms with van der Waals surface area (Å²) in [5, 5.41) is -8.56. The third-order valence-corrected chi connectivity index (χ3v) is 3.12. The standard InChI is InChI=1S/C9HCl2F7O/c10-8(16,17)7(9(11,18)19-7)4-5(14)2(12)1-3(13)6(4)15/h1H. The number of halogens is 9. The normalized spacial score (nSPS) is 30.6. The second-order valence-electron chi connectivity index (χ2n) is 3.64. The van der Waals surface area contributed by atoms with Gasteiger partial charge in [-0.2, -0.15) is 13.2 Å². The van der Waals surface area contributed by atoms with Crippen molar-refractivity contribution >= 4 is 23.2 Å². The molecule has 0 bridgehead atoms. The topological polar surface area (TPSA) is 12.5 Å². The van der Waals surface area contributed by atoms with Crippen molar-refractivity contribution < 1.29 is 35.5 Å². The largest absolute Gasteiger partial charge is 0.361 e. The van der Waals surface area contributed by atoms with Gasteiger partial charge in [0.25, 0.3) is 5.60 Å². The number of rotatable bonds is 2. The first-order chi connectivity index (χ1) is 8.46. The van der Waals surface area contributed by atoms with Crippen LogP contribution in [0.5, 0.6) is 0 Å². The summed E-state index contributed by atoms with van der Waals surface area (Å²) >= 11 is 9.29. The Hall–Kier alpha value is -0.730. The van der Waals surface area contributed by atoms with Gasteiger partial charge >= 0.3 is 10.7 Å². The Morgan fingerprint density at radius 2 is 1.42 bits per heavy atom. The zero-order valence-corrected chi connectivity index (χ0v) is 9.90. The Bertz CT molecular complexity index is 530. The highest BCUT2D eigenvalue weighted by atomic mass is 35.5. The molecule has 106 valence electrons. The van der Waals surface area contributed by atoms with E-state index in [-0.39, 0.29) is 6.07 Å². The Labute approximate surface area is 110 Å². The van der Waals surface area contributed by atoms with Crippen molar-refractivity contribution in [1.29, 1.82) is 0 Å². The van der Waals surface area contributed by atoms with Crippen LogP contribution in [0.25, 0.3) is 0 Å². The summed E-state index contributed by atoms with van der Waals surface area (Å²) in [4.78, 5) is 0. The van der Waals surface area contributed by atoms with Gasteiger partial charge in [0.05, 0.1) is 5.56 Å². The van der Waals surface area contributed by atoms with E-state index < -0.39 is 45.1 Å². The van der Waals surface area contributed by atoms with Gasteiger partial charge in [0, 0.05) is 6.07 Å². The number of epoxide rings is 1. The van der Waals surface area contributed by atoms with Gasteiger partial charge in [-0.05, 0) is 23.2 Å². The van der Waals surface area contributed by atoms with Gasteiger partial charge in [-0.3, -0.25) is 0 Å². The quantitative estimate of drug-likeness (QED) is 0.344. The summed E-state index contributed by atoms with van der Waals surface area (Å²) in [6.07, 6.45) is 0. The number of ether oxygens (including phenoxy) is 1. The Morgan fingerprint density at radius 1 is 1.05 bits per heavy atom. The monoisotopic (exact) mass is 328 g/mol. The minimum atomic E-state index is -4.76. The predicted molar refractivity (Wildman–Crippen MR) is 49.5 cm³/mol. The Morgan fingerprint density at radius 3 is 1.68 bits per heavy atom. The average molecular weight is 329 g/mol. The van der Waals surface area contributed by atoms with Crippen LogP contribution in [0.4, 0.5) is 30.7 Å². The number of hydrogen-bond donors (Lipinski definition) is 0. The van der Waals surface area contributed by atoms with Gasteiger partial charge in [-0.25, -0.2) is 17.6 Å². The second-order valence-corrected chi connectivity index (χ2v) is 4.60. The van der Waals surface area contributed by atoms with Crippen LogP contribution >= 0.6 is 23.2 Å². The van der Waals surface area contributed by atoms with Crippen molar-refractivity contribution in [2.75, 3.05) is 0 Å². The molecule has 19 heavy (non-hydrogen) atoms. The molecule has 1 aromatic carbocycles. The fraction of sp³-hybridized carbons (Fsp3) is 0.333. The van der Waals surface area contributed by atoms with Gasteiger partial charge in [-0.15, -0.1) is 0 Å². The van der Waals surface area contributed by atoms with E-state index in [0.717, 1.165) is 0 Å². The van der Waals surface area contributed by atoms with Crippen molar-refractivity contribution in [1.82, 2.24) is 0 Å². The van der Waals surface area contributed by atoms with E-state index in [1.165, 1.54) is 0 Å². The minimum absolute atomic E-state index is 0.245. The molecule has 1 fully saturated rings. The first-order valence-electron chi connectivity index (χ1n) is 4.44. The molecular formula is C9HCl2F7O. The molecule has 0 aliphatic carbocycles. The Kier molecular flexibility index (Phi) is 3.01. The first kappa shape index (κ1) is 14.7. The summed E-state index contributed by atoms with van der Waals surface area (Å²) in [6.45, 7) is 0. The molecule has 1 aliphatic rings. The van der Waals surface area contributed by atoms with Gasteiger partial charge in [0.15, 0.2) is 23.3 Å². The molecule has 1 nitrogen and oxygen atoms in total. The zero-order valence-electron chi connectivity index (χ0n) is 8.39. The lowest BCUT2D eigenvalue weighted by Gasteiger charge is -2.19. The lowest BCUT2D eigenvalue weighted by molar-refractivity contribution is -0.00348. The van der Waals surface area contributed by atoms with E-state index in [9.17, 15) is 30.7 Å². The molecule has 0 amide bonds. The van der Waals surface area contributed by atoms with Crippen molar-refractivity contribution in [3.8, 4) is 0 Å². The molecular weight excluding hydrogens is 328 g/mol. The van der Waals surface area contributed by atoms with Crippen LogP contribution < -0.4 is 0 Å². The van der Waals surface area contributed by atoms with Crippen LogP contribution in [-0.4, -0.2) is 10.7 Å². The predicted octanol–water partition coefficient (Wildman–Crippen LogP) is 4.16. The maximum Gasteiger partial charge on any atom is 0.361 e. The lowest BCUT2D eigenvalue weighted by Crippen LogP contribution is -2.36. The van der Waals surface area contributed by atoms with E-state index in [2.05, 4.69) is 16.3 Å². The summed E-state index contributed by atoms with van der Waals surface area (Å²) in [5.41, 5.74) is -5.91. The highest BCUT2D eigenvalue weighted by molar-refractivity contribution is 6.28. The molecule has 0 radical (unpaired) electrons. The summed E-state index contributed by atoms with van der Waals surface area (Å²) < 4.78 is 95.9. The molecule has 1 aromatic rings. The third-order valence-electron chi connectivity index (χ3n) is 2.51. The van der Waals surface area contributed by atoms with Crippen LogP contribution in [0.15, 0.2) is 6.07 Å². The van der Waals surface area contributed by atoms with Crippen LogP contribution in [0.2, 0.25) is 0 Å². The molecule has 2 atom stereocenters. The second kappa shape index (κ2) is 3.89. The van der Waals surface area contributed by atoms with E-state index in [4.69, 9.17) is 11.6 Å². The van der Waals surface area contributed by atoms with Gasteiger partial charge < -0.3 is 4.74 Å². The summed E-state index contributed by atoms with van der Waals surface area (Å²) in [6, 6.07) is -0.245. The van der Waals surface area contributed by atoms with Gasteiger partial charge in [-0.1, -0.05) is 0 Å².